The van der Waals surface area contributed by atoms with Crippen molar-refractivity contribution in [3.8, 4) is 11.3 Å². The fourth-order valence-corrected chi connectivity index (χ4v) is 3.55. The van der Waals surface area contributed by atoms with Gasteiger partial charge < -0.3 is 4.90 Å². The Morgan fingerprint density at radius 3 is 2.52 bits per heavy atom. The van der Waals surface area contributed by atoms with E-state index in [1.54, 1.807) is 0 Å². The first-order valence-electron chi connectivity index (χ1n) is 8.00. The molecule has 1 aliphatic rings. The largest absolute Gasteiger partial charge is 0.309 e. The first kappa shape index (κ1) is 14.2. The van der Waals surface area contributed by atoms with Crippen molar-refractivity contribution in [1.29, 1.82) is 0 Å². The van der Waals surface area contributed by atoms with Gasteiger partial charge in [0, 0.05) is 23.1 Å². The lowest BCUT2D eigenvalue weighted by Gasteiger charge is -2.10. The van der Waals surface area contributed by atoms with E-state index in [1.165, 1.54) is 16.5 Å². The molecule has 2 aromatic carbocycles. The maximum atomic E-state index is 12.9. The molecule has 0 N–H and O–H groups in total. The number of aryl methyl sites for hydroxylation is 1. The zero-order valence-electron chi connectivity index (χ0n) is 13.8. The third-order valence-electron chi connectivity index (χ3n) is 4.65. The highest BCUT2D eigenvalue weighted by atomic mass is 16.2. The van der Waals surface area contributed by atoms with Crippen LogP contribution in [0, 0.1) is 6.92 Å². The Hall–Kier alpha value is -2.39. The molecular formula is C20H20N2O. The maximum Gasteiger partial charge on any atom is 0.263 e. The molecule has 1 aromatic heterocycles. The minimum Gasteiger partial charge on any atom is -0.309 e. The summed E-state index contributed by atoms with van der Waals surface area (Å²) < 4.78 is 1.91. The number of benzene rings is 2. The van der Waals surface area contributed by atoms with Crippen LogP contribution < -0.4 is 0 Å². The van der Waals surface area contributed by atoms with Crippen molar-refractivity contribution in [3.63, 3.8) is 0 Å². The number of carbonyl (C=O) groups is 1. The zero-order chi connectivity index (χ0) is 16.1. The monoisotopic (exact) mass is 304 g/mol. The molecule has 116 valence electrons. The van der Waals surface area contributed by atoms with Crippen molar-refractivity contribution >= 4 is 16.8 Å². The number of hydrogen-bond acceptors (Lipinski definition) is 2. The zero-order valence-corrected chi connectivity index (χ0v) is 13.8. The average Bonchev–Trinajstić information content (AvgIpc) is 2.99. The number of fused-ring (bicyclic) bond motifs is 5. The summed E-state index contributed by atoms with van der Waals surface area (Å²) in [5.74, 6) is 0.0977. The average molecular weight is 304 g/mol. The first-order valence-corrected chi connectivity index (χ1v) is 8.00. The molecule has 23 heavy (non-hydrogen) atoms. The van der Waals surface area contributed by atoms with Crippen LogP contribution in [0.4, 0.5) is 0 Å². The number of hydrogen-bond donors (Lipinski definition) is 0. The number of carbonyl (C=O) groups excluding carboxylic acids is 1. The van der Waals surface area contributed by atoms with Gasteiger partial charge >= 0.3 is 0 Å². The Labute approximate surface area is 136 Å². The summed E-state index contributed by atoms with van der Waals surface area (Å²) in [6, 6.07) is 14.3. The van der Waals surface area contributed by atoms with E-state index in [2.05, 4.69) is 50.2 Å². The van der Waals surface area contributed by atoms with Gasteiger partial charge in [-0.05, 0) is 51.2 Å². The molecule has 0 unspecified atom stereocenters. The summed E-state index contributed by atoms with van der Waals surface area (Å²) in [5.41, 5.74) is 6.52. The quantitative estimate of drug-likeness (QED) is 0.576. The van der Waals surface area contributed by atoms with Crippen molar-refractivity contribution in [1.82, 2.24) is 9.47 Å². The molecule has 0 radical (unpaired) electrons. The van der Waals surface area contributed by atoms with Crippen LogP contribution in [0.1, 0.15) is 21.5 Å². The highest BCUT2D eigenvalue weighted by molar-refractivity contribution is 6.16. The fourth-order valence-electron chi connectivity index (χ4n) is 3.55. The molecule has 2 heterocycles. The van der Waals surface area contributed by atoms with E-state index in [-0.39, 0.29) is 5.91 Å². The van der Waals surface area contributed by atoms with Crippen molar-refractivity contribution < 1.29 is 4.79 Å². The van der Waals surface area contributed by atoms with E-state index < -0.39 is 0 Å². The van der Waals surface area contributed by atoms with Crippen LogP contribution in [0.15, 0.2) is 42.5 Å². The number of rotatable bonds is 3. The van der Waals surface area contributed by atoms with Crippen molar-refractivity contribution in [2.24, 2.45) is 0 Å². The van der Waals surface area contributed by atoms with Gasteiger partial charge in [0.2, 0.25) is 0 Å². The van der Waals surface area contributed by atoms with Crippen LogP contribution >= 0.6 is 0 Å². The van der Waals surface area contributed by atoms with E-state index >= 15 is 0 Å². The molecule has 0 spiro atoms. The van der Waals surface area contributed by atoms with Crippen molar-refractivity contribution in [3.05, 3.63) is 59.2 Å². The lowest BCUT2D eigenvalue weighted by Crippen LogP contribution is -2.15. The molecule has 0 atom stereocenters. The second-order valence-corrected chi connectivity index (χ2v) is 6.59. The van der Waals surface area contributed by atoms with E-state index in [0.29, 0.717) is 0 Å². The molecule has 0 saturated heterocycles. The topological polar surface area (TPSA) is 25.2 Å². The van der Waals surface area contributed by atoms with E-state index in [1.807, 2.05) is 22.8 Å². The van der Waals surface area contributed by atoms with Crippen LogP contribution in [0.3, 0.4) is 0 Å². The minimum atomic E-state index is 0.0977. The van der Waals surface area contributed by atoms with Crippen LogP contribution in [0.5, 0.6) is 0 Å². The van der Waals surface area contributed by atoms with Gasteiger partial charge in [0.15, 0.2) is 0 Å². The molecule has 1 aliphatic heterocycles. The lowest BCUT2D eigenvalue weighted by atomic mass is 9.99. The third-order valence-corrected chi connectivity index (χ3v) is 4.65. The Morgan fingerprint density at radius 1 is 1.04 bits per heavy atom. The standard InChI is InChI=1S/C20H20N2O/c1-13-8-9-18-17(12-13)15(10-11-21(2)3)19-14-6-4-5-7-16(14)20(23)22(18)19/h4-9,12H,10-11H2,1-3H3. The molecule has 4 rings (SSSR count). The van der Waals surface area contributed by atoms with Gasteiger partial charge in [-0.2, -0.15) is 0 Å². The Bertz CT molecular complexity index is 934. The predicted octanol–water partition coefficient (Wildman–Crippen LogP) is 3.72. The van der Waals surface area contributed by atoms with Gasteiger partial charge in [0.1, 0.15) is 0 Å². The third kappa shape index (κ3) is 2.04. The first-order chi connectivity index (χ1) is 11.1. The summed E-state index contributed by atoms with van der Waals surface area (Å²) in [6.07, 6.45) is 0.941. The van der Waals surface area contributed by atoms with Crippen LogP contribution in [0.25, 0.3) is 22.2 Å². The highest BCUT2D eigenvalue weighted by Crippen LogP contribution is 2.41. The summed E-state index contributed by atoms with van der Waals surface area (Å²) in [5, 5.41) is 1.21. The molecule has 0 saturated carbocycles. The molecule has 0 fully saturated rings. The van der Waals surface area contributed by atoms with Crippen LogP contribution in [-0.4, -0.2) is 36.0 Å². The van der Waals surface area contributed by atoms with Crippen LogP contribution in [0.2, 0.25) is 0 Å². The van der Waals surface area contributed by atoms with Gasteiger partial charge in [-0.25, -0.2) is 0 Å². The summed E-state index contributed by atoms with van der Waals surface area (Å²) in [6.45, 7) is 3.07. The Morgan fingerprint density at radius 2 is 1.78 bits per heavy atom. The second kappa shape index (κ2) is 5.07. The number of aromatic nitrogens is 1. The molecule has 3 heteroatoms. The predicted molar refractivity (Wildman–Crippen MR) is 94.1 cm³/mol. The second-order valence-electron chi connectivity index (χ2n) is 6.59. The van der Waals surface area contributed by atoms with Crippen molar-refractivity contribution in [2.45, 2.75) is 13.3 Å². The van der Waals surface area contributed by atoms with Crippen LogP contribution in [-0.2, 0) is 6.42 Å². The summed E-state index contributed by atoms with van der Waals surface area (Å²) in [7, 11) is 4.17. The fraction of sp³-hybridized carbons (Fsp3) is 0.250. The maximum absolute atomic E-state index is 12.9. The van der Waals surface area contributed by atoms with E-state index in [0.717, 1.165) is 35.3 Å². The number of likely N-dealkylation sites (N-methyl/N-ethyl adjacent to an activating group) is 1. The molecule has 0 amide bonds. The Kier molecular flexibility index (Phi) is 3.13. The summed E-state index contributed by atoms with van der Waals surface area (Å²) in [4.78, 5) is 15.1. The van der Waals surface area contributed by atoms with E-state index in [4.69, 9.17) is 0 Å². The summed E-state index contributed by atoms with van der Waals surface area (Å²) >= 11 is 0. The molecular weight excluding hydrogens is 284 g/mol. The van der Waals surface area contributed by atoms with Gasteiger partial charge in [-0.3, -0.25) is 9.36 Å². The normalized spacial score (nSPS) is 13.0. The van der Waals surface area contributed by atoms with E-state index in [9.17, 15) is 4.79 Å². The van der Waals surface area contributed by atoms with Crippen molar-refractivity contribution in [2.75, 3.05) is 20.6 Å². The lowest BCUT2D eigenvalue weighted by molar-refractivity contribution is 0.0973. The van der Waals surface area contributed by atoms with Gasteiger partial charge in [0.25, 0.3) is 5.91 Å². The SMILES string of the molecule is Cc1ccc2c(c1)c(CCN(C)C)c1n2C(=O)c2ccccc2-1. The smallest absolute Gasteiger partial charge is 0.263 e. The minimum absolute atomic E-state index is 0.0977. The van der Waals surface area contributed by atoms with Gasteiger partial charge in [-0.15, -0.1) is 0 Å². The number of nitrogens with zero attached hydrogens (tertiary/aromatic N) is 2. The highest BCUT2D eigenvalue weighted by Gasteiger charge is 2.31. The molecule has 0 aliphatic carbocycles. The molecule has 0 bridgehead atoms. The van der Waals surface area contributed by atoms with Gasteiger partial charge in [0.05, 0.1) is 11.2 Å². The molecule has 3 aromatic rings. The molecule has 3 nitrogen and oxygen atoms in total. The Balaban J connectivity index is 2.04. The van der Waals surface area contributed by atoms with Gasteiger partial charge in [-0.1, -0.05) is 29.8 Å².